The Labute approximate surface area is 175 Å². The van der Waals surface area contributed by atoms with Crippen LogP contribution in [0.3, 0.4) is 0 Å². The number of amides is 2. The van der Waals surface area contributed by atoms with E-state index in [2.05, 4.69) is 15.6 Å². The molecule has 7 nitrogen and oxygen atoms in total. The molecule has 2 aliphatic rings. The van der Waals surface area contributed by atoms with Gasteiger partial charge in [0.05, 0.1) is 30.2 Å². The highest BCUT2D eigenvalue weighted by Gasteiger charge is 2.40. The molecule has 2 saturated heterocycles. The maximum atomic E-state index is 13.2. The number of nitrogens with zero attached hydrogens (tertiary/aromatic N) is 2. The topological polar surface area (TPSA) is 82.3 Å². The number of hydrogen-bond donors (Lipinski definition) is 3. The Bertz CT molecular complexity index is 999. The van der Waals surface area contributed by atoms with Gasteiger partial charge in [0.1, 0.15) is 11.6 Å². The molecular formula is C23H27N5O2. The molecule has 156 valence electrons. The number of benzene rings is 2. The summed E-state index contributed by atoms with van der Waals surface area (Å²) in [7, 11) is 1.66. The maximum Gasteiger partial charge on any atom is 0.318 e. The summed E-state index contributed by atoms with van der Waals surface area (Å²) in [6, 6.07) is 16.4. The third-order valence-corrected chi connectivity index (χ3v) is 6.29. The molecular weight excluding hydrogens is 378 g/mol. The van der Waals surface area contributed by atoms with Crippen LogP contribution >= 0.6 is 0 Å². The largest absolute Gasteiger partial charge is 0.497 e. The van der Waals surface area contributed by atoms with Gasteiger partial charge >= 0.3 is 6.03 Å². The summed E-state index contributed by atoms with van der Waals surface area (Å²) in [5, 5.41) is 6.76. The average molecular weight is 406 g/mol. The number of H-pyrrole nitrogens is 1. The van der Waals surface area contributed by atoms with Gasteiger partial charge in [0.15, 0.2) is 0 Å². The van der Waals surface area contributed by atoms with E-state index in [1.807, 2.05) is 53.4 Å². The van der Waals surface area contributed by atoms with Crippen molar-refractivity contribution in [2.24, 2.45) is 0 Å². The molecule has 3 heterocycles. The molecule has 7 heteroatoms. The molecule has 2 fully saturated rings. The predicted octanol–water partition coefficient (Wildman–Crippen LogP) is 3.00. The van der Waals surface area contributed by atoms with Gasteiger partial charge in [-0.1, -0.05) is 24.3 Å². The number of aromatic amines is 1. The number of carbonyl (C=O) groups is 1. The first-order chi connectivity index (χ1) is 14.7. The molecule has 3 N–H and O–H groups in total. The molecule has 3 aromatic rings. The number of ether oxygens (including phenoxy) is 1. The number of likely N-dealkylation sites (tertiary alicyclic amines) is 1. The monoisotopic (exact) mass is 405 g/mol. The fourth-order valence-corrected chi connectivity index (χ4v) is 4.70. The smallest absolute Gasteiger partial charge is 0.318 e. The zero-order chi connectivity index (χ0) is 20.5. The van der Waals surface area contributed by atoms with E-state index in [0.29, 0.717) is 18.5 Å². The quantitative estimate of drug-likeness (QED) is 0.609. The molecule has 0 radical (unpaired) electrons. The number of methoxy groups -OCH3 is 1. The number of aromatic nitrogens is 2. The van der Waals surface area contributed by atoms with Crippen LogP contribution < -0.4 is 15.4 Å². The van der Waals surface area contributed by atoms with Gasteiger partial charge in [0.25, 0.3) is 0 Å². The predicted molar refractivity (Wildman–Crippen MR) is 116 cm³/mol. The van der Waals surface area contributed by atoms with Gasteiger partial charge in [-0.25, -0.2) is 9.78 Å². The van der Waals surface area contributed by atoms with Crippen LogP contribution in [0.5, 0.6) is 5.75 Å². The number of nitrogens with one attached hydrogen (secondary N) is 3. The second kappa shape index (κ2) is 7.99. The molecule has 2 amide bonds. The zero-order valence-corrected chi connectivity index (χ0v) is 17.1. The summed E-state index contributed by atoms with van der Waals surface area (Å²) in [6.07, 6.45) is 2.69. The van der Waals surface area contributed by atoms with Crippen molar-refractivity contribution in [3.8, 4) is 5.75 Å². The molecule has 0 spiro atoms. The van der Waals surface area contributed by atoms with E-state index in [4.69, 9.17) is 9.72 Å². The lowest BCUT2D eigenvalue weighted by molar-refractivity contribution is 0.188. The van der Waals surface area contributed by atoms with Crippen molar-refractivity contribution in [2.45, 2.75) is 37.4 Å². The van der Waals surface area contributed by atoms with Gasteiger partial charge in [-0.15, -0.1) is 0 Å². The lowest BCUT2D eigenvalue weighted by Crippen LogP contribution is -2.46. The SMILES string of the molecule is COc1ccc(C[C@@H](NC(=O)N2CCC3NCCC32)c2nc3ccccc3[nH]2)cc1. The number of hydrogen-bond acceptors (Lipinski definition) is 4. The minimum absolute atomic E-state index is 0.00910. The first kappa shape index (κ1) is 18.9. The molecule has 3 atom stereocenters. The number of rotatable bonds is 5. The van der Waals surface area contributed by atoms with Crippen molar-refractivity contribution in [1.29, 1.82) is 0 Å². The van der Waals surface area contributed by atoms with Crippen LogP contribution in [0.4, 0.5) is 4.79 Å². The van der Waals surface area contributed by atoms with Crippen molar-refractivity contribution in [2.75, 3.05) is 20.2 Å². The lowest BCUT2D eigenvalue weighted by Gasteiger charge is -2.26. The Morgan fingerprint density at radius 3 is 2.87 bits per heavy atom. The minimum Gasteiger partial charge on any atom is -0.497 e. The summed E-state index contributed by atoms with van der Waals surface area (Å²) in [6.45, 7) is 1.78. The Morgan fingerprint density at radius 2 is 2.07 bits per heavy atom. The first-order valence-electron chi connectivity index (χ1n) is 10.6. The van der Waals surface area contributed by atoms with E-state index in [1.54, 1.807) is 7.11 Å². The van der Waals surface area contributed by atoms with Gasteiger partial charge < -0.3 is 25.3 Å². The van der Waals surface area contributed by atoms with E-state index < -0.39 is 0 Å². The van der Waals surface area contributed by atoms with Crippen LogP contribution in [0.1, 0.15) is 30.3 Å². The van der Waals surface area contributed by atoms with E-state index in [9.17, 15) is 4.79 Å². The molecule has 5 rings (SSSR count). The van der Waals surface area contributed by atoms with Gasteiger partial charge in [0, 0.05) is 12.6 Å². The number of fused-ring (bicyclic) bond motifs is 2. The van der Waals surface area contributed by atoms with E-state index >= 15 is 0 Å². The summed E-state index contributed by atoms with van der Waals surface area (Å²) < 4.78 is 5.27. The van der Waals surface area contributed by atoms with Crippen molar-refractivity contribution < 1.29 is 9.53 Å². The number of para-hydroxylation sites is 2. The second-order valence-electron chi connectivity index (χ2n) is 8.09. The fraction of sp³-hybridized carbons (Fsp3) is 0.391. The van der Waals surface area contributed by atoms with Crippen LogP contribution in [0.25, 0.3) is 11.0 Å². The molecule has 0 saturated carbocycles. The Balaban J connectivity index is 1.40. The van der Waals surface area contributed by atoms with E-state index in [0.717, 1.165) is 54.1 Å². The molecule has 1 aromatic heterocycles. The third kappa shape index (κ3) is 3.61. The van der Waals surface area contributed by atoms with Crippen LogP contribution in [-0.4, -0.2) is 53.2 Å². The molecule has 30 heavy (non-hydrogen) atoms. The van der Waals surface area contributed by atoms with Gasteiger partial charge in [-0.3, -0.25) is 0 Å². The van der Waals surface area contributed by atoms with Gasteiger partial charge in [-0.2, -0.15) is 0 Å². The number of carbonyl (C=O) groups excluding carboxylic acids is 1. The normalized spacial score (nSPS) is 21.6. The minimum atomic E-state index is -0.244. The molecule has 2 aromatic carbocycles. The standard InChI is InChI=1S/C23H27N5O2/c1-30-16-8-6-15(7-9-16)14-20(22-25-17-4-2-3-5-18(17)26-22)27-23(29)28-13-11-19-21(28)10-12-24-19/h2-9,19-21,24H,10-14H2,1H3,(H,25,26)(H,27,29)/t19?,20-,21?/m1/s1. The molecule has 2 unspecified atom stereocenters. The Kier molecular flexibility index (Phi) is 5.04. The molecule has 2 aliphatic heterocycles. The second-order valence-corrected chi connectivity index (χ2v) is 8.09. The molecule has 0 bridgehead atoms. The van der Waals surface area contributed by atoms with Crippen LogP contribution in [0, 0.1) is 0 Å². The lowest BCUT2D eigenvalue weighted by atomic mass is 10.1. The Hall–Kier alpha value is -3.06. The summed E-state index contributed by atoms with van der Waals surface area (Å²) in [5.41, 5.74) is 2.99. The van der Waals surface area contributed by atoms with Crippen LogP contribution in [0.15, 0.2) is 48.5 Å². The molecule has 0 aliphatic carbocycles. The van der Waals surface area contributed by atoms with Crippen LogP contribution in [0.2, 0.25) is 0 Å². The summed E-state index contributed by atoms with van der Waals surface area (Å²) in [5.74, 6) is 1.60. The first-order valence-corrected chi connectivity index (χ1v) is 10.6. The highest BCUT2D eigenvalue weighted by molar-refractivity contribution is 5.77. The van der Waals surface area contributed by atoms with Crippen molar-refractivity contribution in [3.05, 3.63) is 59.9 Å². The number of urea groups is 1. The highest BCUT2D eigenvalue weighted by Crippen LogP contribution is 2.27. The van der Waals surface area contributed by atoms with Crippen molar-refractivity contribution in [1.82, 2.24) is 25.5 Å². The van der Waals surface area contributed by atoms with Crippen molar-refractivity contribution >= 4 is 17.1 Å². The average Bonchev–Trinajstić information content (AvgIpc) is 3.48. The Morgan fingerprint density at radius 1 is 1.23 bits per heavy atom. The highest BCUT2D eigenvalue weighted by atomic mass is 16.5. The van der Waals surface area contributed by atoms with Gasteiger partial charge in [0.2, 0.25) is 0 Å². The zero-order valence-electron chi connectivity index (χ0n) is 17.1. The third-order valence-electron chi connectivity index (χ3n) is 6.29. The van der Waals surface area contributed by atoms with E-state index in [-0.39, 0.29) is 12.1 Å². The number of imidazole rings is 1. The van der Waals surface area contributed by atoms with Gasteiger partial charge in [-0.05, 0) is 55.6 Å². The summed E-state index contributed by atoms with van der Waals surface area (Å²) >= 11 is 0. The fourth-order valence-electron chi connectivity index (χ4n) is 4.70. The maximum absolute atomic E-state index is 13.2. The van der Waals surface area contributed by atoms with Crippen molar-refractivity contribution in [3.63, 3.8) is 0 Å². The summed E-state index contributed by atoms with van der Waals surface area (Å²) in [4.78, 5) is 23.4. The van der Waals surface area contributed by atoms with Crippen LogP contribution in [-0.2, 0) is 6.42 Å². The van der Waals surface area contributed by atoms with E-state index in [1.165, 1.54) is 0 Å².